The SMILES string of the molecule is CCc1c(C#N)c(Cl)nc2c1CCC2. The first-order valence-electron chi connectivity index (χ1n) is 4.88. The van der Waals surface area contributed by atoms with E-state index in [0.717, 1.165) is 36.9 Å². The summed E-state index contributed by atoms with van der Waals surface area (Å²) in [6.45, 7) is 2.06. The van der Waals surface area contributed by atoms with Crippen LogP contribution in [0.5, 0.6) is 0 Å². The molecule has 0 saturated carbocycles. The first kappa shape index (κ1) is 9.48. The molecule has 0 radical (unpaired) electrons. The van der Waals surface area contributed by atoms with Crippen LogP contribution in [0.1, 0.15) is 35.7 Å². The van der Waals surface area contributed by atoms with Crippen molar-refractivity contribution in [2.45, 2.75) is 32.6 Å². The lowest BCUT2D eigenvalue weighted by atomic mass is 10.0. The van der Waals surface area contributed by atoms with E-state index < -0.39 is 0 Å². The highest BCUT2D eigenvalue weighted by Gasteiger charge is 2.20. The predicted octanol–water partition coefficient (Wildman–Crippen LogP) is 2.66. The molecule has 1 aromatic heterocycles. The highest BCUT2D eigenvalue weighted by Crippen LogP contribution is 2.30. The van der Waals surface area contributed by atoms with Gasteiger partial charge in [-0.3, -0.25) is 0 Å². The van der Waals surface area contributed by atoms with Gasteiger partial charge in [0.25, 0.3) is 0 Å². The second-order valence-electron chi connectivity index (χ2n) is 3.50. The minimum atomic E-state index is 0.380. The lowest BCUT2D eigenvalue weighted by molar-refractivity contribution is 0.896. The van der Waals surface area contributed by atoms with Crippen molar-refractivity contribution in [3.8, 4) is 6.07 Å². The molecule has 0 spiro atoms. The molecule has 1 aliphatic rings. The van der Waals surface area contributed by atoms with Gasteiger partial charge in [-0.25, -0.2) is 4.98 Å². The lowest BCUT2D eigenvalue weighted by Crippen LogP contribution is -2.00. The van der Waals surface area contributed by atoms with Gasteiger partial charge in [0.2, 0.25) is 0 Å². The number of pyridine rings is 1. The minimum Gasteiger partial charge on any atom is -0.239 e. The molecule has 3 heteroatoms. The molecular formula is C11H11ClN2. The smallest absolute Gasteiger partial charge is 0.147 e. The van der Waals surface area contributed by atoms with Gasteiger partial charge in [-0.05, 0) is 36.8 Å². The van der Waals surface area contributed by atoms with E-state index in [4.69, 9.17) is 16.9 Å². The molecule has 0 saturated heterocycles. The second kappa shape index (κ2) is 3.59. The molecule has 0 aromatic carbocycles. The van der Waals surface area contributed by atoms with E-state index in [2.05, 4.69) is 18.0 Å². The fraction of sp³-hybridized carbons (Fsp3) is 0.455. The number of halogens is 1. The van der Waals surface area contributed by atoms with Crippen molar-refractivity contribution in [3.63, 3.8) is 0 Å². The van der Waals surface area contributed by atoms with Crippen molar-refractivity contribution in [2.75, 3.05) is 0 Å². The predicted molar refractivity (Wildman–Crippen MR) is 55.4 cm³/mol. The molecule has 0 N–H and O–H groups in total. The van der Waals surface area contributed by atoms with Crippen LogP contribution < -0.4 is 0 Å². The van der Waals surface area contributed by atoms with Gasteiger partial charge in [-0.1, -0.05) is 18.5 Å². The number of aryl methyl sites for hydroxylation is 1. The highest BCUT2D eigenvalue weighted by atomic mass is 35.5. The summed E-state index contributed by atoms with van der Waals surface area (Å²) in [5.41, 5.74) is 4.06. The molecular weight excluding hydrogens is 196 g/mol. The Kier molecular flexibility index (Phi) is 2.43. The third-order valence-corrected chi connectivity index (χ3v) is 3.03. The van der Waals surface area contributed by atoms with E-state index in [-0.39, 0.29) is 0 Å². The summed E-state index contributed by atoms with van der Waals surface area (Å²) in [6.07, 6.45) is 4.07. The Morgan fingerprint density at radius 2 is 2.29 bits per heavy atom. The number of hydrogen-bond donors (Lipinski definition) is 0. The number of hydrogen-bond acceptors (Lipinski definition) is 2. The van der Waals surface area contributed by atoms with Gasteiger partial charge < -0.3 is 0 Å². The molecule has 14 heavy (non-hydrogen) atoms. The van der Waals surface area contributed by atoms with Crippen molar-refractivity contribution in [1.29, 1.82) is 5.26 Å². The van der Waals surface area contributed by atoms with Crippen LogP contribution in [-0.2, 0) is 19.3 Å². The fourth-order valence-corrected chi connectivity index (χ4v) is 2.39. The Morgan fingerprint density at radius 1 is 1.50 bits per heavy atom. The molecule has 2 rings (SSSR count). The van der Waals surface area contributed by atoms with E-state index >= 15 is 0 Å². The first-order valence-corrected chi connectivity index (χ1v) is 5.26. The highest BCUT2D eigenvalue weighted by molar-refractivity contribution is 6.30. The molecule has 0 atom stereocenters. The van der Waals surface area contributed by atoms with Crippen molar-refractivity contribution in [3.05, 3.63) is 27.5 Å². The minimum absolute atomic E-state index is 0.380. The third-order valence-electron chi connectivity index (χ3n) is 2.76. The van der Waals surface area contributed by atoms with Crippen molar-refractivity contribution < 1.29 is 0 Å². The molecule has 1 aromatic rings. The van der Waals surface area contributed by atoms with Crippen molar-refractivity contribution >= 4 is 11.6 Å². The van der Waals surface area contributed by atoms with E-state index in [0.29, 0.717) is 10.7 Å². The fourth-order valence-electron chi connectivity index (χ4n) is 2.13. The van der Waals surface area contributed by atoms with Crippen LogP contribution in [0.25, 0.3) is 0 Å². The molecule has 0 bridgehead atoms. The van der Waals surface area contributed by atoms with Crippen LogP contribution in [0.2, 0.25) is 5.15 Å². The zero-order valence-electron chi connectivity index (χ0n) is 8.10. The Hall–Kier alpha value is -1.07. The van der Waals surface area contributed by atoms with Crippen LogP contribution in [0.15, 0.2) is 0 Å². The van der Waals surface area contributed by atoms with Gasteiger partial charge in [0.15, 0.2) is 0 Å². The average Bonchev–Trinajstić information content (AvgIpc) is 2.62. The Morgan fingerprint density at radius 3 is 2.93 bits per heavy atom. The summed E-state index contributed by atoms with van der Waals surface area (Å²) in [5, 5.41) is 9.37. The molecule has 1 aliphatic carbocycles. The van der Waals surface area contributed by atoms with Crippen LogP contribution in [0, 0.1) is 11.3 Å². The Balaban J connectivity index is 2.70. The van der Waals surface area contributed by atoms with E-state index in [1.54, 1.807) is 0 Å². The molecule has 0 unspecified atom stereocenters. The normalized spacial score (nSPS) is 13.8. The quantitative estimate of drug-likeness (QED) is 0.663. The summed E-state index contributed by atoms with van der Waals surface area (Å²) in [4.78, 5) is 4.28. The molecule has 0 fully saturated rings. The van der Waals surface area contributed by atoms with Crippen molar-refractivity contribution in [1.82, 2.24) is 4.98 Å². The summed E-state index contributed by atoms with van der Waals surface area (Å²) in [7, 11) is 0. The van der Waals surface area contributed by atoms with Gasteiger partial charge >= 0.3 is 0 Å². The summed E-state index contributed by atoms with van der Waals surface area (Å²) < 4.78 is 0. The number of aromatic nitrogens is 1. The third kappa shape index (κ3) is 1.29. The number of rotatable bonds is 1. The Labute approximate surface area is 88.5 Å². The summed E-state index contributed by atoms with van der Waals surface area (Å²) in [6, 6.07) is 2.15. The number of nitrogens with zero attached hydrogens (tertiary/aromatic N) is 2. The van der Waals surface area contributed by atoms with E-state index in [9.17, 15) is 0 Å². The topological polar surface area (TPSA) is 36.7 Å². The molecule has 2 nitrogen and oxygen atoms in total. The van der Waals surface area contributed by atoms with Crippen LogP contribution >= 0.6 is 11.6 Å². The van der Waals surface area contributed by atoms with Crippen LogP contribution in [0.4, 0.5) is 0 Å². The van der Waals surface area contributed by atoms with E-state index in [1.807, 2.05) is 0 Å². The molecule has 72 valence electrons. The second-order valence-corrected chi connectivity index (χ2v) is 3.86. The lowest BCUT2D eigenvalue weighted by Gasteiger charge is -2.08. The summed E-state index contributed by atoms with van der Waals surface area (Å²) in [5.74, 6) is 0. The van der Waals surface area contributed by atoms with Gasteiger partial charge in [0, 0.05) is 5.69 Å². The summed E-state index contributed by atoms with van der Waals surface area (Å²) >= 11 is 5.96. The first-order chi connectivity index (χ1) is 6.77. The van der Waals surface area contributed by atoms with Gasteiger partial charge in [-0.15, -0.1) is 0 Å². The zero-order valence-corrected chi connectivity index (χ0v) is 8.86. The van der Waals surface area contributed by atoms with Crippen LogP contribution in [0.3, 0.4) is 0 Å². The maximum Gasteiger partial charge on any atom is 0.147 e. The largest absolute Gasteiger partial charge is 0.239 e. The zero-order chi connectivity index (χ0) is 10.1. The van der Waals surface area contributed by atoms with Gasteiger partial charge in [-0.2, -0.15) is 5.26 Å². The van der Waals surface area contributed by atoms with E-state index in [1.165, 1.54) is 5.56 Å². The maximum absolute atomic E-state index is 8.99. The monoisotopic (exact) mass is 206 g/mol. The van der Waals surface area contributed by atoms with Gasteiger partial charge in [0.05, 0.1) is 5.56 Å². The molecule has 1 heterocycles. The Bertz CT molecular complexity index is 418. The standard InChI is InChI=1S/C11H11ClN2/c1-2-7-8-4-3-5-10(8)14-11(12)9(7)6-13/h2-5H2,1H3. The number of nitriles is 1. The number of fused-ring (bicyclic) bond motifs is 1. The maximum atomic E-state index is 8.99. The average molecular weight is 207 g/mol. The van der Waals surface area contributed by atoms with Crippen molar-refractivity contribution in [2.24, 2.45) is 0 Å². The van der Waals surface area contributed by atoms with Crippen LogP contribution in [-0.4, -0.2) is 4.98 Å². The van der Waals surface area contributed by atoms with Gasteiger partial charge in [0.1, 0.15) is 11.2 Å². The molecule has 0 amide bonds. The molecule has 0 aliphatic heterocycles.